The Kier molecular flexibility index (Phi) is 4.01. The molecule has 1 heterocycles. The summed E-state index contributed by atoms with van der Waals surface area (Å²) in [7, 11) is 0. The first-order chi connectivity index (χ1) is 17.8. The molecule has 1 saturated heterocycles. The summed E-state index contributed by atoms with van der Waals surface area (Å²) in [5, 5.41) is 4.61. The molecule has 0 amide bonds. The van der Waals surface area contributed by atoms with Crippen molar-refractivity contribution >= 4 is 11.9 Å². The Labute approximate surface area is 188 Å². The Morgan fingerprint density at radius 2 is 2.34 bits per heavy atom. The number of rotatable bonds is 7. The molecule has 0 aromatic heterocycles. The minimum Gasteiger partial charge on any atom is -0.462 e. The molecule has 3 aliphatic rings. The van der Waals surface area contributed by atoms with E-state index in [4.69, 9.17) is 23.2 Å². The SMILES string of the molecule is [2H]O[C@H]1CC(=O)OC(CC[C@@H]2[C@@H]3C(=C[C@H](C)C[C@@H]3OC(=O)[C@@]([2H])(C([2H])([2H])[2H])C([2H])([2H])C([2H])([2H])[2H])C=C[C@@H]2C)C1. The molecule has 0 aromatic rings. The third kappa shape index (κ3) is 5.30. The Bertz CT molecular complexity index is 991. The predicted molar refractivity (Wildman–Crippen MR) is 111 cm³/mol. The van der Waals surface area contributed by atoms with E-state index in [1.807, 2.05) is 32.1 Å². The highest BCUT2D eigenvalue weighted by atomic mass is 16.5. The van der Waals surface area contributed by atoms with Crippen molar-refractivity contribution in [1.29, 1.82) is 1.43 Å². The summed E-state index contributed by atoms with van der Waals surface area (Å²) < 4.78 is 88.5. The first kappa shape index (κ1) is 12.3. The van der Waals surface area contributed by atoms with Crippen LogP contribution >= 0.6 is 0 Å². The van der Waals surface area contributed by atoms with Gasteiger partial charge in [-0.3, -0.25) is 9.59 Å². The fraction of sp³-hybridized carbons (Fsp3) is 0.750. The highest BCUT2D eigenvalue weighted by Gasteiger charge is 2.42. The molecule has 162 valence electrons. The van der Waals surface area contributed by atoms with Crippen LogP contribution in [-0.4, -0.2) is 36.8 Å². The average molecular weight is 415 g/mol. The lowest BCUT2D eigenvalue weighted by Gasteiger charge is -2.43. The van der Waals surface area contributed by atoms with Crippen LogP contribution in [0.4, 0.5) is 0 Å². The second-order valence-electron chi connectivity index (χ2n) is 8.48. The first-order valence-corrected chi connectivity index (χ1v) is 10.3. The zero-order valence-corrected chi connectivity index (χ0v) is 16.9. The van der Waals surface area contributed by atoms with Crippen molar-refractivity contribution in [3.63, 3.8) is 0 Å². The summed E-state index contributed by atoms with van der Waals surface area (Å²) >= 11 is 0. The van der Waals surface area contributed by atoms with Crippen molar-refractivity contribution in [3.8, 4) is 0 Å². The maximum absolute atomic E-state index is 13.4. The van der Waals surface area contributed by atoms with Crippen LogP contribution < -0.4 is 0 Å². The fourth-order valence-corrected chi connectivity index (χ4v) is 4.87. The normalized spacial score (nSPS) is 45.4. The zero-order valence-electron chi connectivity index (χ0n) is 26.9. The molecular formula is C24H36O5. The van der Waals surface area contributed by atoms with E-state index >= 15 is 0 Å². The largest absolute Gasteiger partial charge is 0.462 e. The number of esters is 2. The molecule has 1 N–H and O–H groups in total. The van der Waals surface area contributed by atoms with Crippen LogP contribution in [0.25, 0.3) is 0 Å². The van der Waals surface area contributed by atoms with Crippen molar-refractivity contribution in [2.75, 3.05) is 0 Å². The molecule has 3 rings (SSSR count). The Morgan fingerprint density at radius 1 is 1.48 bits per heavy atom. The van der Waals surface area contributed by atoms with Gasteiger partial charge in [0.25, 0.3) is 0 Å². The van der Waals surface area contributed by atoms with Gasteiger partial charge in [-0.25, -0.2) is 0 Å². The van der Waals surface area contributed by atoms with Gasteiger partial charge in [0.2, 0.25) is 1.43 Å². The number of cyclic esters (lactones) is 1. The molecule has 2 aliphatic carbocycles. The van der Waals surface area contributed by atoms with Crippen LogP contribution in [0.2, 0.25) is 0 Å². The standard InChI is InChI=1S/C24H36O5/c1-5-15(3)24(27)29-21-11-14(2)10-17-7-6-16(4)20(23(17)21)9-8-19-12-18(25)13-22(26)28-19/h6-7,10,14-16,18-21,23,25H,5,8-9,11-13H2,1-4H3/t14-,15-,16-,18+,19?,20-,21-,23-/m0/s1/i1D3,3D3,5D2,15D,25D. The van der Waals surface area contributed by atoms with Crippen molar-refractivity contribution in [2.45, 2.75) is 84.3 Å². The predicted octanol–water partition coefficient (Wildman–Crippen LogP) is 4.20. The van der Waals surface area contributed by atoms with E-state index in [1.165, 1.54) is 0 Å². The first-order valence-electron chi connectivity index (χ1n) is 15.2. The van der Waals surface area contributed by atoms with Crippen LogP contribution in [0.15, 0.2) is 23.8 Å². The fourth-order valence-electron chi connectivity index (χ4n) is 4.87. The molecule has 0 bridgehead atoms. The maximum Gasteiger partial charge on any atom is 0.308 e. The summed E-state index contributed by atoms with van der Waals surface area (Å²) in [4.78, 5) is 25.3. The Hall–Kier alpha value is -1.62. The summed E-state index contributed by atoms with van der Waals surface area (Å²) in [6.07, 6.45) is 1.92. The minimum atomic E-state index is -3.72. The van der Waals surface area contributed by atoms with E-state index < -0.39 is 62.1 Å². The lowest BCUT2D eigenvalue weighted by molar-refractivity contribution is -0.162. The number of ether oxygens (including phenoxy) is 2. The lowest BCUT2D eigenvalue weighted by atomic mass is 9.65. The van der Waals surface area contributed by atoms with Gasteiger partial charge in [-0.1, -0.05) is 45.8 Å². The van der Waals surface area contributed by atoms with Crippen molar-refractivity contribution in [1.82, 2.24) is 0 Å². The smallest absolute Gasteiger partial charge is 0.308 e. The number of aliphatic hydroxyl groups is 1. The molecule has 5 nitrogen and oxygen atoms in total. The quantitative estimate of drug-likeness (QED) is 0.632. The van der Waals surface area contributed by atoms with Crippen molar-refractivity contribution in [3.05, 3.63) is 23.8 Å². The lowest BCUT2D eigenvalue weighted by Crippen LogP contribution is -2.42. The van der Waals surface area contributed by atoms with Crippen molar-refractivity contribution < 1.29 is 36.5 Å². The minimum absolute atomic E-state index is 0.0100. The molecule has 0 spiro atoms. The Balaban J connectivity index is 1.90. The van der Waals surface area contributed by atoms with Gasteiger partial charge in [0.1, 0.15) is 12.2 Å². The van der Waals surface area contributed by atoms with Crippen LogP contribution in [0.3, 0.4) is 0 Å². The van der Waals surface area contributed by atoms with Gasteiger partial charge in [0.05, 0.1) is 18.4 Å². The van der Waals surface area contributed by atoms with Gasteiger partial charge in [-0.2, -0.15) is 0 Å². The summed E-state index contributed by atoms with van der Waals surface area (Å²) in [5.41, 5.74) is 0.853. The molecule has 29 heavy (non-hydrogen) atoms. The van der Waals surface area contributed by atoms with E-state index in [-0.39, 0.29) is 30.6 Å². The van der Waals surface area contributed by atoms with Crippen LogP contribution in [0, 0.1) is 29.6 Å². The van der Waals surface area contributed by atoms with Crippen LogP contribution in [-0.2, 0) is 19.1 Å². The van der Waals surface area contributed by atoms with E-state index in [2.05, 4.69) is 5.11 Å². The van der Waals surface area contributed by atoms with Gasteiger partial charge in [0, 0.05) is 24.7 Å². The molecule has 0 radical (unpaired) electrons. The number of hydrogen-bond donors (Lipinski definition) is 1. The highest BCUT2D eigenvalue weighted by molar-refractivity contribution is 5.72. The Morgan fingerprint density at radius 3 is 3.10 bits per heavy atom. The monoisotopic (exact) mass is 414 g/mol. The second-order valence-corrected chi connectivity index (χ2v) is 8.48. The molecule has 0 aromatic carbocycles. The van der Waals surface area contributed by atoms with Crippen molar-refractivity contribution in [2.24, 2.45) is 29.6 Å². The number of hydrogen-bond acceptors (Lipinski definition) is 5. The van der Waals surface area contributed by atoms with E-state index in [1.54, 1.807) is 0 Å². The average Bonchev–Trinajstić information content (AvgIpc) is 2.80. The third-order valence-corrected chi connectivity index (χ3v) is 6.22. The highest BCUT2D eigenvalue weighted by Crippen LogP contribution is 2.45. The van der Waals surface area contributed by atoms with Gasteiger partial charge < -0.3 is 14.6 Å². The van der Waals surface area contributed by atoms with Gasteiger partial charge in [-0.15, -0.1) is 0 Å². The second kappa shape index (κ2) is 9.46. The van der Waals surface area contributed by atoms with Gasteiger partial charge in [0.15, 0.2) is 0 Å². The molecule has 1 aliphatic heterocycles. The van der Waals surface area contributed by atoms with E-state index in [9.17, 15) is 9.59 Å². The number of carbonyl (C=O) groups is 2. The third-order valence-electron chi connectivity index (χ3n) is 6.22. The summed E-state index contributed by atoms with van der Waals surface area (Å²) in [6.45, 7) is -3.34. The molecule has 0 saturated carbocycles. The zero-order chi connectivity index (χ0) is 29.6. The molecule has 1 fully saturated rings. The van der Waals surface area contributed by atoms with E-state index in [0.717, 1.165) is 5.57 Å². The van der Waals surface area contributed by atoms with Gasteiger partial charge in [-0.05, 0) is 49.0 Å². The molecule has 8 atom stereocenters. The number of aliphatic hydroxyl groups excluding tert-OH is 1. The van der Waals surface area contributed by atoms with Crippen LogP contribution in [0.5, 0.6) is 0 Å². The van der Waals surface area contributed by atoms with Crippen LogP contribution in [0.1, 0.15) is 78.4 Å². The molecule has 5 heteroatoms. The molecular weight excluding hydrogens is 368 g/mol. The maximum atomic E-state index is 13.4. The number of allylic oxidation sites excluding steroid dienone is 3. The number of carbonyl (C=O) groups excluding carboxylic acids is 2. The summed E-state index contributed by atoms with van der Waals surface area (Å²) in [6, 6.07) is 0. The topological polar surface area (TPSA) is 72.8 Å². The van der Waals surface area contributed by atoms with Gasteiger partial charge >= 0.3 is 11.9 Å². The number of fused-ring (bicyclic) bond motifs is 1. The summed E-state index contributed by atoms with van der Waals surface area (Å²) in [5.74, 6) is -6.54. The molecule has 1 unspecified atom stereocenters. The van der Waals surface area contributed by atoms with E-state index in [0.29, 0.717) is 19.3 Å².